The number of amides is 1. The zero-order valence-corrected chi connectivity index (χ0v) is 16.9. The summed E-state index contributed by atoms with van der Waals surface area (Å²) in [6, 6.07) is 10.5. The van der Waals surface area contributed by atoms with Crippen molar-refractivity contribution in [1.29, 1.82) is 0 Å². The number of anilines is 2. The predicted molar refractivity (Wildman–Crippen MR) is 113 cm³/mol. The first-order valence-electron chi connectivity index (χ1n) is 9.96. The fraction of sp³-hybridized carbons (Fsp3) is 0.227. The predicted octanol–water partition coefficient (Wildman–Crippen LogP) is 1.91. The maximum Gasteiger partial charge on any atom is 0.224 e. The number of carbonyl (C=O) groups excluding carboxylic acids is 1. The Morgan fingerprint density at radius 2 is 1.84 bits per heavy atom. The van der Waals surface area contributed by atoms with Gasteiger partial charge in [-0.3, -0.25) is 10.1 Å². The molecule has 0 saturated heterocycles. The molecule has 1 aliphatic rings. The molecule has 3 aromatic rings. The zero-order valence-electron chi connectivity index (χ0n) is 16.9. The molecule has 0 fully saturated rings. The van der Waals surface area contributed by atoms with Gasteiger partial charge in [-0.25, -0.2) is 18.7 Å². The van der Waals surface area contributed by atoms with Crippen LogP contribution in [0.2, 0.25) is 0 Å². The van der Waals surface area contributed by atoms with Gasteiger partial charge >= 0.3 is 0 Å². The Bertz CT molecular complexity index is 1120. The van der Waals surface area contributed by atoms with E-state index < -0.39 is 17.9 Å². The van der Waals surface area contributed by atoms with Crippen LogP contribution in [0.15, 0.2) is 42.5 Å². The number of nitrogens with one attached hydrogen (secondary N) is 3. The number of benzene rings is 2. The van der Waals surface area contributed by atoms with Crippen molar-refractivity contribution in [3.8, 4) is 11.4 Å². The molecule has 0 radical (unpaired) electrons. The van der Waals surface area contributed by atoms with E-state index in [2.05, 4.69) is 25.9 Å². The largest absolute Gasteiger partial charge is 0.395 e. The summed E-state index contributed by atoms with van der Waals surface area (Å²) in [5, 5.41) is 27.5. The van der Waals surface area contributed by atoms with Crippen molar-refractivity contribution in [2.24, 2.45) is 0 Å². The van der Waals surface area contributed by atoms with E-state index in [1.165, 1.54) is 6.07 Å². The summed E-state index contributed by atoms with van der Waals surface area (Å²) < 4.78 is 28.6. The van der Waals surface area contributed by atoms with E-state index in [0.29, 0.717) is 16.9 Å². The number of hydrogen-bond acceptors (Lipinski definition) is 7. The Hall–Kier alpha value is -3.47. The maximum absolute atomic E-state index is 14.3. The first-order chi connectivity index (χ1) is 15.5. The first-order valence-corrected chi connectivity index (χ1v) is 9.96. The normalized spacial score (nSPS) is 14.8. The van der Waals surface area contributed by atoms with Crippen molar-refractivity contribution < 1.29 is 23.8 Å². The molecule has 32 heavy (non-hydrogen) atoms. The van der Waals surface area contributed by atoms with E-state index in [1.807, 2.05) is 0 Å². The summed E-state index contributed by atoms with van der Waals surface area (Å²) in [6.07, 6.45) is -0.871. The molecule has 1 unspecified atom stereocenters. The molecule has 4 rings (SSSR count). The average Bonchev–Trinajstić information content (AvgIpc) is 3.14. The molecule has 0 aliphatic carbocycles. The van der Waals surface area contributed by atoms with Crippen LogP contribution in [0, 0.1) is 11.6 Å². The van der Waals surface area contributed by atoms with Crippen LogP contribution in [0.1, 0.15) is 23.0 Å². The Labute approximate surface area is 182 Å². The van der Waals surface area contributed by atoms with Crippen LogP contribution in [0.4, 0.5) is 20.3 Å². The van der Waals surface area contributed by atoms with Crippen molar-refractivity contribution in [1.82, 2.24) is 20.6 Å². The smallest absolute Gasteiger partial charge is 0.224 e. The average molecular weight is 441 g/mol. The third-order valence-corrected chi connectivity index (χ3v) is 4.96. The highest BCUT2D eigenvalue weighted by atomic mass is 19.1. The molecule has 5 N–H and O–H groups in total. The van der Waals surface area contributed by atoms with Crippen LogP contribution >= 0.6 is 0 Å². The Morgan fingerprint density at radius 3 is 2.53 bits per heavy atom. The van der Waals surface area contributed by atoms with Gasteiger partial charge in [0.15, 0.2) is 5.82 Å². The fourth-order valence-corrected chi connectivity index (χ4v) is 3.44. The molecule has 0 saturated carbocycles. The Morgan fingerprint density at radius 1 is 1.12 bits per heavy atom. The van der Waals surface area contributed by atoms with Crippen LogP contribution in [0.25, 0.3) is 11.4 Å². The molecule has 2 aromatic carbocycles. The van der Waals surface area contributed by atoms with Crippen molar-refractivity contribution in [3.63, 3.8) is 0 Å². The third kappa shape index (κ3) is 4.57. The summed E-state index contributed by atoms with van der Waals surface area (Å²) in [5.74, 6) is -1.69. The third-order valence-electron chi connectivity index (χ3n) is 4.96. The van der Waals surface area contributed by atoms with Gasteiger partial charge in [-0.15, -0.1) is 0 Å². The summed E-state index contributed by atoms with van der Waals surface area (Å²) in [6.45, 7) is 0.286. The number of aliphatic hydroxyl groups excluding tert-OH is 2. The van der Waals surface area contributed by atoms with E-state index >= 15 is 0 Å². The van der Waals surface area contributed by atoms with Crippen molar-refractivity contribution in [2.45, 2.75) is 19.2 Å². The standard InChI is InChI=1S/C22H21F2N5O3/c23-14-2-1-3-15(24)18(14)20-28-16-11-26-22(32)19(16)21(29-20)27-13-6-4-12(5-7-13)10-17(31)25-8-9-30/h1-7,22,26,30,32H,8-11H2,(H,25,31)(H,27,28,29). The molecule has 1 aromatic heterocycles. The van der Waals surface area contributed by atoms with Crippen LogP contribution < -0.4 is 16.0 Å². The molecule has 166 valence electrons. The summed E-state index contributed by atoms with van der Waals surface area (Å²) >= 11 is 0. The molecular formula is C22H21F2N5O3. The highest BCUT2D eigenvalue weighted by molar-refractivity contribution is 5.78. The van der Waals surface area contributed by atoms with Gasteiger partial charge in [0.2, 0.25) is 5.91 Å². The summed E-state index contributed by atoms with van der Waals surface area (Å²) in [7, 11) is 0. The number of hydrogen-bond donors (Lipinski definition) is 5. The van der Waals surface area contributed by atoms with Gasteiger partial charge in [0.1, 0.15) is 23.7 Å². The second-order valence-electron chi connectivity index (χ2n) is 7.21. The quantitative estimate of drug-likeness (QED) is 0.380. The Kier molecular flexibility index (Phi) is 6.35. The maximum atomic E-state index is 14.3. The van der Waals surface area contributed by atoms with E-state index in [0.717, 1.165) is 17.7 Å². The second-order valence-corrected chi connectivity index (χ2v) is 7.21. The first kappa shape index (κ1) is 21.8. The molecule has 10 heteroatoms. The summed E-state index contributed by atoms with van der Waals surface area (Å²) in [4.78, 5) is 20.3. The van der Waals surface area contributed by atoms with Crippen molar-refractivity contribution >= 4 is 17.4 Å². The number of aliphatic hydroxyl groups is 2. The van der Waals surface area contributed by atoms with E-state index in [-0.39, 0.29) is 49.2 Å². The zero-order chi connectivity index (χ0) is 22.7. The molecular weight excluding hydrogens is 420 g/mol. The van der Waals surface area contributed by atoms with Crippen LogP contribution in [-0.2, 0) is 17.8 Å². The van der Waals surface area contributed by atoms with Gasteiger partial charge in [0, 0.05) is 18.8 Å². The van der Waals surface area contributed by atoms with Crippen LogP contribution in [0.3, 0.4) is 0 Å². The minimum absolute atomic E-state index is 0.128. The molecule has 8 nitrogen and oxygen atoms in total. The lowest BCUT2D eigenvalue weighted by molar-refractivity contribution is -0.120. The number of halogens is 2. The van der Waals surface area contributed by atoms with E-state index in [4.69, 9.17) is 5.11 Å². The fourth-order valence-electron chi connectivity index (χ4n) is 3.44. The molecule has 2 heterocycles. The Balaban J connectivity index is 1.62. The molecule has 1 atom stereocenters. The molecule has 1 aliphatic heterocycles. The lowest BCUT2D eigenvalue weighted by atomic mass is 10.1. The SMILES string of the molecule is O=C(Cc1ccc(Nc2nc(-c3c(F)cccc3F)nc3c2C(O)NC3)cc1)NCCO. The highest BCUT2D eigenvalue weighted by Gasteiger charge is 2.28. The number of fused-ring (bicyclic) bond motifs is 1. The van der Waals surface area contributed by atoms with E-state index in [9.17, 15) is 18.7 Å². The van der Waals surface area contributed by atoms with Crippen LogP contribution in [0.5, 0.6) is 0 Å². The number of carbonyl (C=O) groups is 1. The van der Waals surface area contributed by atoms with Crippen LogP contribution in [-0.4, -0.2) is 39.2 Å². The van der Waals surface area contributed by atoms with Gasteiger partial charge < -0.3 is 20.8 Å². The minimum Gasteiger partial charge on any atom is -0.395 e. The second kappa shape index (κ2) is 9.35. The topological polar surface area (TPSA) is 119 Å². The monoisotopic (exact) mass is 441 g/mol. The molecule has 1 amide bonds. The minimum atomic E-state index is -1.03. The van der Waals surface area contributed by atoms with Gasteiger partial charge in [-0.05, 0) is 29.8 Å². The van der Waals surface area contributed by atoms with Gasteiger partial charge in [0.05, 0.1) is 29.8 Å². The van der Waals surface area contributed by atoms with E-state index in [1.54, 1.807) is 24.3 Å². The lowest BCUT2D eigenvalue weighted by Gasteiger charge is -2.14. The lowest BCUT2D eigenvalue weighted by Crippen LogP contribution is -2.27. The number of nitrogens with zero attached hydrogens (tertiary/aromatic N) is 2. The van der Waals surface area contributed by atoms with Crippen molar-refractivity contribution in [3.05, 3.63) is 70.9 Å². The van der Waals surface area contributed by atoms with Gasteiger partial charge in [-0.1, -0.05) is 18.2 Å². The molecule has 0 bridgehead atoms. The highest BCUT2D eigenvalue weighted by Crippen LogP contribution is 2.33. The van der Waals surface area contributed by atoms with Gasteiger partial charge in [-0.2, -0.15) is 0 Å². The molecule has 0 spiro atoms. The summed E-state index contributed by atoms with van der Waals surface area (Å²) in [5.41, 5.74) is 1.85. The number of rotatable bonds is 7. The number of aromatic nitrogens is 2. The van der Waals surface area contributed by atoms with Gasteiger partial charge in [0.25, 0.3) is 0 Å². The van der Waals surface area contributed by atoms with Crippen molar-refractivity contribution in [2.75, 3.05) is 18.5 Å².